The van der Waals surface area contributed by atoms with Crippen LogP contribution in [0.25, 0.3) is 22.2 Å². The van der Waals surface area contributed by atoms with Crippen LogP contribution in [0.15, 0.2) is 103 Å². The van der Waals surface area contributed by atoms with Crippen molar-refractivity contribution >= 4 is 16.8 Å². The molecule has 0 saturated carbocycles. The summed E-state index contributed by atoms with van der Waals surface area (Å²) in [5.41, 5.74) is 8.85. The molecule has 1 heterocycles. The number of aromatic nitrogens is 1. The smallest absolute Gasteiger partial charge is 0.252 e. The van der Waals surface area contributed by atoms with Gasteiger partial charge in [0.2, 0.25) is 0 Å². The number of rotatable bonds is 5. The Kier molecular flexibility index (Phi) is 6.15. The molecule has 35 heavy (non-hydrogen) atoms. The quantitative estimate of drug-likeness (QED) is 0.300. The van der Waals surface area contributed by atoms with Crippen LogP contribution in [0.1, 0.15) is 44.2 Å². The Labute approximate surface area is 206 Å². The maximum atomic E-state index is 13.9. The highest BCUT2D eigenvalue weighted by molar-refractivity contribution is 6.07. The number of nitrogens with zero attached hydrogens (tertiary/aromatic N) is 1. The van der Waals surface area contributed by atoms with Gasteiger partial charge in [-0.3, -0.25) is 4.79 Å². The lowest BCUT2D eigenvalue weighted by Crippen LogP contribution is -2.29. The number of benzene rings is 4. The molecule has 4 aromatic carbocycles. The van der Waals surface area contributed by atoms with E-state index in [1.54, 1.807) is 0 Å². The number of hydrogen-bond acceptors (Lipinski definition) is 2. The van der Waals surface area contributed by atoms with Crippen LogP contribution in [0.4, 0.5) is 0 Å². The van der Waals surface area contributed by atoms with Crippen molar-refractivity contribution in [1.82, 2.24) is 10.3 Å². The van der Waals surface area contributed by atoms with Crippen LogP contribution in [0.3, 0.4) is 0 Å². The Bertz CT molecular complexity index is 1470. The fourth-order valence-corrected chi connectivity index (χ4v) is 4.44. The van der Waals surface area contributed by atoms with E-state index >= 15 is 0 Å². The second-order valence-corrected chi connectivity index (χ2v) is 9.10. The molecule has 172 valence electrons. The molecule has 0 saturated heterocycles. The minimum atomic E-state index is -0.261. The topological polar surface area (TPSA) is 42.0 Å². The first-order chi connectivity index (χ1) is 17.0. The molecule has 1 amide bonds. The van der Waals surface area contributed by atoms with E-state index in [0.717, 1.165) is 38.9 Å². The SMILES string of the molecule is Cc1ccc2nc(-c3ccc(C)c(C)c3)cc(C(=O)NC(c3ccccc3)c3ccccc3)c2c1. The third-order valence-corrected chi connectivity index (χ3v) is 6.55. The van der Waals surface area contributed by atoms with Crippen LogP contribution in [-0.4, -0.2) is 10.9 Å². The molecule has 1 aromatic heterocycles. The van der Waals surface area contributed by atoms with E-state index in [9.17, 15) is 4.79 Å². The summed E-state index contributed by atoms with van der Waals surface area (Å²) in [5.74, 6) is -0.120. The molecule has 5 rings (SSSR count). The molecule has 0 fully saturated rings. The second kappa shape index (κ2) is 9.55. The maximum Gasteiger partial charge on any atom is 0.252 e. The first-order valence-electron chi connectivity index (χ1n) is 11.9. The molecule has 1 N–H and O–H groups in total. The summed E-state index contributed by atoms with van der Waals surface area (Å²) < 4.78 is 0. The Hall–Kier alpha value is -4.24. The van der Waals surface area contributed by atoms with Crippen LogP contribution >= 0.6 is 0 Å². The molecule has 0 radical (unpaired) electrons. The standard InChI is InChI=1S/C32H28N2O/c1-21-14-17-29-27(18-21)28(20-30(33-29)26-16-15-22(2)23(3)19-26)32(35)34-31(24-10-6-4-7-11-24)25-12-8-5-9-13-25/h4-20,31H,1-3H3,(H,34,35). The van der Waals surface area contributed by atoms with Crippen LogP contribution in [0, 0.1) is 20.8 Å². The van der Waals surface area contributed by atoms with Crippen molar-refractivity contribution in [3.63, 3.8) is 0 Å². The van der Waals surface area contributed by atoms with Crippen LogP contribution in [0.2, 0.25) is 0 Å². The Morgan fingerprint density at radius 1 is 0.714 bits per heavy atom. The number of fused-ring (bicyclic) bond motifs is 1. The van der Waals surface area contributed by atoms with E-state index in [2.05, 4.69) is 37.4 Å². The molecule has 0 spiro atoms. The van der Waals surface area contributed by atoms with E-state index in [4.69, 9.17) is 4.98 Å². The van der Waals surface area contributed by atoms with E-state index in [0.29, 0.717) is 5.56 Å². The molecule has 0 atom stereocenters. The van der Waals surface area contributed by atoms with E-state index < -0.39 is 0 Å². The van der Waals surface area contributed by atoms with Gasteiger partial charge in [-0.2, -0.15) is 0 Å². The van der Waals surface area contributed by atoms with Gasteiger partial charge in [0.25, 0.3) is 5.91 Å². The van der Waals surface area contributed by atoms with Gasteiger partial charge in [-0.1, -0.05) is 84.4 Å². The molecule has 0 bridgehead atoms. The molecule has 3 heteroatoms. The van der Waals surface area contributed by atoms with Crippen LogP contribution < -0.4 is 5.32 Å². The molecular formula is C32H28N2O. The molecule has 3 nitrogen and oxygen atoms in total. The van der Waals surface area contributed by atoms with Crippen LogP contribution in [0.5, 0.6) is 0 Å². The van der Waals surface area contributed by atoms with Gasteiger partial charge in [0.1, 0.15) is 0 Å². The Morgan fingerprint density at radius 2 is 1.37 bits per heavy atom. The fraction of sp³-hybridized carbons (Fsp3) is 0.125. The predicted octanol–water partition coefficient (Wildman–Crippen LogP) is 7.35. The number of amides is 1. The molecule has 0 aliphatic heterocycles. The summed E-state index contributed by atoms with van der Waals surface area (Å²) in [5, 5.41) is 4.17. The molecule has 0 aliphatic carbocycles. The highest BCUT2D eigenvalue weighted by Crippen LogP contribution is 2.29. The summed E-state index contributed by atoms with van der Waals surface area (Å²) >= 11 is 0. The number of carbonyl (C=O) groups is 1. The van der Waals surface area contributed by atoms with Crippen molar-refractivity contribution in [2.24, 2.45) is 0 Å². The number of pyridine rings is 1. The van der Waals surface area contributed by atoms with Crippen molar-refractivity contribution < 1.29 is 4.79 Å². The average Bonchev–Trinajstić information content (AvgIpc) is 2.89. The lowest BCUT2D eigenvalue weighted by Gasteiger charge is -2.21. The first-order valence-corrected chi connectivity index (χ1v) is 11.9. The van der Waals surface area contributed by atoms with Crippen molar-refractivity contribution in [2.75, 3.05) is 0 Å². The second-order valence-electron chi connectivity index (χ2n) is 9.10. The Balaban J connectivity index is 1.62. The highest BCUT2D eigenvalue weighted by atomic mass is 16.1. The van der Waals surface area contributed by atoms with Crippen molar-refractivity contribution in [2.45, 2.75) is 26.8 Å². The highest BCUT2D eigenvalue weighted by Gasteiger charge is 2.20. The van der Waals surface area contributed by atoms with Gasteiger partial charge in [0.15, 0.2) is 0 Å². The number of hydrogen-bond donors (Lipinski definition) is 1. The van der Waals surface area contributed by atoms with Gasteiger partial charge < -0.3 is 5.32 Å². The largest absolute Gasteiger partial charge is 0.341 e. The predicted molar refractivity (Wildman–Crippen MR) is 144 cm³/mol. The minimum Gasteiger partial charge on any atom is -0.341 e. The van der Waals surface area contributed by atoms with Crippen molar-refractivity contribution in [3.05, 3.63) is 137 Å². The van der Waals surface area contributed by atoms with E-state index in [-0.39, 0.29) is 11.9 Å². The maximum absolute atomic E-state index is 13.9. The average molecular weight is 457 g/mol. The van der Waals surface area contributed by atoms with E-state index in [1.807, 2.05) is 91.9 Å². The normalized spacial score (nSPS) is 11.1. The minimum absolute atomic E-state index is 0.120. The summed E-state index contributed by atoms with van der Waals surface area (Å²) in [6, 6.07) is 34.2. The van der Waals surface area contributed by atoms with Gasteiger partial charge in [0, 0.05) is 10.9 Å². The van der Waals surface area contributed by atoms with Crippen LogP contribution in [-0.2, 0) is 0 Å². The first kappa shape index (κ1) is 22.5. The monoisotopic (exact) mass is 456 g/mol. The molecule has 5 aromatic rings. The third kappa shape index (κ3) is 4.71. The van der Waals surface area contributed by atoms with Gasteiger partial charge in [-0.05, 0) is 67.3 Å². The van der Waals surface area contributed by atoms with Gasteiger partial charge in [-0.25, -0.2) is 4.98 Å². The Morgan fingerprint density at radius 3 is 2.00 bits per heavy atom. The van der Waals surface area contributed by atoms with Crippen molar-refractivity contribution in [3.8, 4) is 11.3 Å². The molecule has 0 aliphatic rings. The summed E-state index contributed by atoms with van der Waals surface area (Å²) in [7, 11) is 0. The summed E-state index contributed by atoms with van der Waals surface area (Å²) in [6.45, 7) is 6.23. The fourth-order valence-electron chi connectivity index (χ4n) is 4.44. The lowest BCUT2D eigenvalue weighted by molar-refractivity contribution is 0.0944. The van der Waals surface area contributed by atoms with Gasteiger partial charge >= 0.3 is 0 Å². The molecule has 0 unspecified atom stereocenters. The van der Waals surface area contributed by atoms with Gasteiger partial charge in [-0.15, -0.1) is 0 Å². The van der Waals surface area contributed by atoms with E-state index in [1.165, 1.54) is 11.1 Å². The summed E-state index contributed by atoms with van der Waals surface area (Å²) in [4.78, 5) is 18.8. The summed E-state index contributed by atoms with van der Waals surface area (Å²) in [6.07, 6.45) is 0. The number of carbonyl (C=O) groups excluding carboxylic acids is 1. The third-order valence-electron chi connectivity index (χ3n) is 6.55. The zero-order valence-electron chi connectivity index (χ0n) is 20.2. The molecular weight excluding hydrogens is 428 g/mol. The number of aryl methyl sites for hydroxylation is 3. The zero-order chi connectivity index (χ0) is 24.4. The van der Waals surface area contributed by atoms with Crippen molar-refractivity contribution in [1.29, 1.82) is 0 Å². The zero-order valence-corrected chi connectivity index (χ0v) is 20.2. The number of nitrogens with one attached hydrogen (secondary N) is 1. The van der Waals surface area contributed by atoms with Gasteiger partial charge in [0.05, 0.1) is 22.8 Å². The lowest BCUT2D eigenvalue weighted by atomic mass is 9.97.